The maximum atomic E-state index is 12.7. The number of anilines is 2. The molecule has 2 N–H and O–H groups in total. The number of nitrogens with zero attached hydrogens (tertiary/aromatic N) is 2. The highest BCUT2D eigenvalue weighted by molar-refractivity contribution is 5.89. The molecule has 0 radical (unpaired) electrons. The number of carbonyl (C=O) groups is 2. The molecule has 0 bridgehead atoms. The second-order valence-corrected chi connectivity index (χ2v) is 8.23. The van der Waals surface area contributed by atoms with Crippen LogP contribution in [0.1, 0.15) is 11.1 Å². The number of rotatable bonds is 7. The molecular weight excluding hydrogens is 428 g/mol. The molecule has 1 aliphatic heterocycles. The number of amides is 3. The number of piperazine rings is 1. The lowest BCUT2D eigenvalue weighted by molar-refractivity contribution is -0.130. The Morgan fingerprint density at radius 3 is 2.15 bits per heavy atom. The van der Waals surface area contributed by atoms with E-state index in [-0.39, 0.29) is 11.9 Å². The number of nitrogens with one attached hydrogen (secondary N) is 2. The number of ether oxygens (including phenoxy) is 1. The van der Waals surface area contributed by atoms with Crippen molar-refractivity contribution in [2.45, 2.75) is 13.0 Å². The van der Waals surface area contributed by atoms with Gasteiger partial charge in [-0.2, -0.15) is 0 Å². The predicted octanol–water partition coefficient (Wildman–Crippen LogP) is 3.91. The molecule has 0 aliphatic carbocycles. The van der Waals surface area contributed by atoms with Gasteiger partial charge in [-0.05, 0) is 47.5 Å². The summed E-state index contributed by atoms with van der Waals surface area (Å²) in [5, 5.41) is 5.72. The molecule has 0 unspecified atom stereocenters. The highest BCUT2D eigenvalue weighted by atomic mass is 16.5. The fraction of sp³-hybridized carbons (Fsp3) is 0.259. The van der Waals surface area contributed by atoms with Gasteiger partial charge in [0.25, 0.3) is 0 Å². The van der Waals surface area contributed by atoms with Crippen molar-refractivity contribution in [3.05, 3.63) is 90.0 Å². The average molecular weight is 459 g/mol. The quantitative estimate of drug-likeness (QED) is 0.563. The van der Waals surface area contributed by atoms with Crippen LogP contribution in [-0.2, 0) is 17.8 Å². The molecule has 1 saturated heterocycles. The van der Waals surface area contributed by atoms with Crippen molar-refractivity contribution in [2.75, 3.05) is 43.5 Å². The van der Waals surface area contributed by atoms with Crippen molar-refractivity contribution in [1.29, 1.82) is 0 Å². The van der Waals surface area contributed by atoms with Gasteiger partial charge in [-0.3, -0.25) is 4.79 Å². The van der Waals surface area contributed by atoms with Crippen molar-refractivity contribution < 1.29 is 14.3 Å². The Bertz CT molecular complexity index is 1080. The lowest BCUT2D eigenvalue weighted by atomic mass is 10.1. The van der Waals surface area contributed by atoms with Gasteiger partial charge < -0.3 is 25.2 Å². The monoisotopic (exact) mass is 458 g/mol. The zero-order valence-electron chi connectivity index (χ0n) is 19.4. The maximum Gasteiger partial charge on any atom is 0.319 e. The van der Waals surface area contributed by atoms with Gasteiger partial charge in [0.05, 0.1) is 13.5 Å². The number of hydrogen-bond acceptors (Lipinski definition) is 4. The Kier molecular flexibility index (Phi) is 7.65. The zero-order valence-corrected chi connectivity index (χ0v) is 19.4. The van der Waals surface area contributed by atoms with E-state index in [0.29, 0.717) is 26.1 Å². The summed E-state index contributed by atoms with van der Waals surface area (Å²) in [6.45, 7) is 3.41. The molecule has 34 heavy (non-hydrogen) atoms. The van der Waals surface area contributed by atoms with Gasteiger partial charge in [-0.25, -0.2) is 4.79 Å². The van der Waals surface area contributed by atoms with E-state index < -0.39 is 0 Å². The zero-order chi connectivity index (χ0) is 23.8. The largest absolute Gasteiger partial charge is 0.497 e. The van der Waals surface area contributed by atoms with Crippen molar-refractivity contribution in [2.24, 2.45) is 0 Å². The molecule has 0 spiro atoms. The Balaban J connectivity index is 1.22. The van der Waals surface area contributed by atoms with Crippen molar-refractivity contribution >= 4 is 23.3 Å². The second-order valence-electron chi connectivity index (χ2n) is 8.23. The molecule has 7 nitrogen and oxygen atoms in total. The number of urea groups is 1. The van der Waals surface area contributed by atoms with E-state index in [0.717, 1.165) is 41.3 Å². The van der Waals surface area contributed by atoms with Crippen LogP contribution in [-0.4, -0.2) is 50.1 Å². The molecule has 0 aromatic heterocycles. The first kappa shape index (κ1) is 23.2. The molecule has 1 heterocycles. The highest BCUT2D eigenvalue weighted by Crippen LogP contribution is 2.20. The van der Waals surface area contributed by atoms with E-state index in [2.05, 4.69) is 15.5 Å². The van der Waals surface area contributed by atoms with Crippen molar-refractivity contribution in [3.63, 3.8) is 0 Å². The molecule has 0 atom stereocenters. The molecule has 1 aliphatic rings. The van der Waals surface area contributed by atoms with Crippen LogP contribution in [0.2, 0.25) is 0 Å². The van der Waals surface area contributed by atoms with E-state index in [1.807, 2.05) is 83.8 Å². The minimum Gasteiger partial charge on any atom is -0.497 e. The lowest BCUT2D eigenvalue weighted by Gasteiger charge is -2.36. The Labute approximate surface area is 200 Å². The Morgan fingerprint density at radius 1 is 0.824 bits per heavy atom. The molecular formula is C27H30N4O3. The molecule has 3 aromatic rings. The van der Waals surface area contributed by atoms with Crippen LogP contribution in [0.15, 0.2) is 78.9 Å². The van der Waals surface area contributed by atoms with Gasteiger partial charge >= 0.3 is 6.03 Å². The third-order valence-electron chi connectivity index (χ3n) is 5.93. The second kappa shape index (κ2) is 11.2. The first-order chi connectivity index (χ1) is 16.6. The van der Waals surface area contributed by atoms with Crippen LogP contribution in [0.5, 0.6) is 5.75 Å². The fourth-order valence-corrected chi connectivity index (χ4v) is 3.95. The number of hydrogen-bond donors (Lipinski definition) is 2. The average Bonchev–Trinajstić information content (AvgIpc) is 2.89. The standard InChI is InChI=1S/C27H30N4O3/c1-34-25-13-7-21(8-14-25)19-26(32)31-17-15-30(16-18-31)24-11-9-23(10-12-24)29-27(33)28-20-22-5-3-2-4-6-22/h2-14H,15-20H2,1H3,(H2,28,29,33). The Morgan fingerprint density at radius 2 is 1.50 bits per heavy atom. The molecule has 7 heteroatoms. The van der Waals surface area contributed by atoms with Crippen LogP contribution < -0.4 is 20.3 Å². The van der Waals surface area contributed by atoms with Gasteiger partial charge in [-0.15, -0.1) is 0 Å². The lowest BCUT2D eigenvalue weighted by Crippen LogP contribution is -2.49. The van der Waals surface area contributed by atoms with Crippen LogP contribution in [0.3, 0.4) is 0 Å². The van der Waals surface area contributed by atoms with Crippen molar-refractivity contribution in [3.8, 4) is 5.75 Å². The van der Waals surface area contributed by atoms with Crippen LogP contribution in [0.4, 0.5) is 16.2 Å². The number of carbonyl (C=O) groups excluding carboxylic acids is 2. The van der Waals surface area contributed by atoms with E-state index in [9.17, 15) is 9.59 Å². The topological polar surface area (TPSA) is 73.9 Å². The summed E-state index contributed by atoms with van der Waals surface area (Å²) in [6, 6.07) is 25.0. The maximum absolute atomic E-state index is 12.7. The van der Waals surface area contributed by atoms with Crippen LogP contribution in [0.25, 0.3) is 0 Å². The SMILES string of the molecule is COc1ccc(CC(=O)N2CCN(c3ccc(NC(=O)NCc4ccccc4)cc3)CC2)cc1. The van der Waals surface area contributed by atoms with E-state index in [1.165, 1.54) is 0 Å². The normalized spacial score (nSPS) is 13.3. The Hall–Kier alpha value is -4.00. The summed E-state index contributed by atoms with van der Waals surface area (Å²) in [6.07, 6.45) is 0.400. The molecule has 176 valence electrons. The van der Waals surface area contributed by atoms with E-state index >= 15 is 0 Å². The third kappa shape index (κ3) is 6.28. The smallest absolute Gasteiger partial charge is 0.319 e. The van der Waals surface area contributed by atoms with Gasteiger partial charge in [-0.1, -0.05) is 42.5 Å². The van der Waals surface area contributed by atoms with E-state index in [1.54, 1.807) is 7.11 Å². The van der Waals surface area contributed by atoms with Crippen LogP contribution in [0, 0.1) is 0 Å². The summed E-state index contributed by atoms with van der Waals surface area (Å²) >= 11 is 0. The summed E-state index contributed by atoms with van der Waals surface area (Å²) in [5.74, 6) is 0.935. The molecule has 0 saturated carbocycles. The van der Waals surface area contributed by atoms with Gasteiger partial charge in [0.1, 0.15) is 5.75 Å². The first-order valence-corrected chi connectivity index (χ1v) is 11.5. The predicted molar refractivity (Wildman–Crippen MR) is 134 cm³/mol. The first-order valence-electron chi connectivity index (χ1n) is 11.5. The summed E-state index contributed by atoms with van der Waals surface area (Å²) < 4.78 is 5.17. The molecule has 1 fully saturated rings. The summed E-state index contributed by atoms with van der Waals surface area (Å²) in [7, 11) is 1.63. The van der Waals surface area contributed by atoms with E-state index in [4.69, 9.17) is 4.74 Å². The molecule has 4 rings (SSSR count). The number of methoxy groups -OCH3 is 1. The van der Waals surface area contributed by atoms with Gasteiger partial charge in [0.15, 0.2) is 0 Å². The summed E-state index contributed by atoms with van der Waals surface area (Å²) in [4.78, 5) is 29.0. The molecule has 3 amide bonds. The summed E-state index contributed by atoms with van der Waals surface area (Å²) in [5.41, 5.74) is 3.86. The number of benzene rings is 3. The third-order valence-corrected chi connectivity index (χ3v) is 5.93. The van der Waals surface area contributed by atoms with Crippen molar-refractivity contribution in [1.82, 2.24) is 10.2 Å². The molecule has 3 aromatic carbocycles. The minimum atomic E-state index is -0.236. The van der Waals surface area contributed by atoms with Gasteiger partial charge in [0.2, 0.25) is 5.91 Å². The highest BCUT2D eigenvalue weighted by Gasteiger charge is 2.21. The minimum absolute atomic E-state index is 0.144. The van der Waals surface area contributed by atoms with Gasteiger partial charge in [0, 0.05) is 44.1 Å². The fourth-order valence-electron chi connectivity index (χ4n) is 3.95. The van der Waals surface area contributed by atoms with Crippen LogP contribution >= 0.6 is 0 Å².